The van der Waals surface area contributed by atoms with Crippen LogP contribution in [0.15, 0.2) is 63.7 Å². The molecule has 3 atom stereocenters. The van der Waals surface area contributed by atoms with Crippen LogP contribution in [0.4, 0.5) is 0 Å². The topological polar surface area (TPSA) is 84.3 Å². The smallest absolute Gasteiger partial charge is 0.154 e. The molecule has 4 N–H and O–H groups in total. The lowest BCUT2D eigenvalue weighted by molar-refractivity contribution is 0.0639. The molecule has 0 aromatic heterocycles. The number of nitrogens with one attached hydrogen (secondary N) is 3. The van der Waals surface area contributed by atoms with E-state index < -0.39 is 0 Å². The van der Waals surface area contributed by atoms with E-state index in [2.05, 4.69) is 71.7 Å². The van der Waals surface area contributed by atoms with E-state index >= 15 is 0 Å². The number of hydrazone groups is 1. The summed E-state index contributed by atoms with van der Waals surface area (Å²) in [5.41, 5.74) is 2.42. The lowest BCUT2D eigenvalue weighted by atomic mass is 9.89. The van der Waals surface area contributed by atoms with E-state index in [1.54, 1.807) is 0 Å². The van der Waals surface area contributed by atoms with Crippen molar-refractivity contribution in [2.75, 3.05) is 19.6 Å². The van der Waals surface area contributed by atoms with E-state index in [-0.39, 0.29) is 18.1 Å². The van der Waals surface area contributed by atoms with Crippen LogP contribution in [0.1, 0.15) is 39.2 Å². The average Bonchev–Trinajstić information content (AvgIpc) is 2.81. The standard InChI is InChI=1S/C25H38N6O/c1-18(2)21-11-15-30-31(25(21)26-4)24(29-16-20-8-6-5-7-9-20)12-14-28-19(3)22-10-13-27-17-23(22)32/h5-9,12,15,18-19,22-23,27-29,32H,4,10-11,13-14,16-17H2,1-3H3/b24-12-/t19-,22?,23-/m0/s1. The number of nitrogens with zero attached hydrogens (tertiary/aromatic N) is 3. The molecule has 0 aliphatic carbocycles. The molecule has 0 amide bonds. The van der Waals surface area contributed by atoms with Gasteiger partial charge in [0.15, 0.2) is 5.82 Å². The molecule has 32 heavy (non-hydrogen) atoms. The van der Waals surface area contributed by atoms with Crippen LogP contribution in [-0.2, 0) is 6.54 Å². The first-order valence-corrected chi connectivity index (χ1v) is 11.6. The third kappa shape index (κ3) is 6.28. The number of hydrogen-bond donors (Lipinski definition) is 4. The lowest BCUT2D eigenvalue weighted by Gasteiger charge is -2.33. The van der Waals surface area contributed by atoms with Crippen LogP contribution in [0.2, 0.25) is 0 Å². The molecule has 174 valence electrons. The van der Waals surface area contributed by atoms with Crippen molar-refractivity contribution in [3.8, 4) is 0 Å². The first-order chi connectivity index (χ1) is 15.5. The number of benzene rings is 1. The second kappa shape index (κ2) is 11.9. The van der Waals surface area contributed by atoms with Crippen LogP contribution in [-0.4, -0.2) is 54.8 Å². The van der Waals surface area contributed by atoms with Crippen LogP contribution in [0.25, 0.3) is 0 Å². The van der Waals surface area contributed by atoms with E-state index in [0.717, 1.165) is 31.0 Å². The molecule has 2 aliphatic rings. The van der Waals surface area contributed by atoms with Gasteiger partial charge < -0.3 is 21.1 Å². The molecule has 3 rings (SSSR count). The van der Waals surface area contributed by atoms with Crippen molar-refractivity contribution in [3.63, 3.8) is 0 Å². The normalized spacial score (nSPS) is 22.9. The summed E-state index contributed by atoms with van der Waals surface area (Å²) in [6, 6.07) is 10.5. The van der Waals surface area contributed by atoms with Crippen molar-refractivity contribution in [1.82, 2.24) is 21.0 Å². The Labute approximate surface area is 192 Å². The summed E-state index contributed by atoms with van der Waals surface area (Å²) in [7, 11) is 0. The Balaban J connectivity index is 1.76. The van der Waals surface area contributed by atoms with Gasteiger partial charge in [0.2, 0.25) is 0 Å². The summed E-state index contributed by atoms with van der Waals surface area (Å²) in [6.45, 7) is 13.3. The highest BCUT2D eigenvalue weighted by molar-refractivity contribution is 5.63. The predicted octanol–water partition coefficient (Wildman–Crippen LogP) is 2.83. The first kappa shape index (κ1) is 24.2. The average molecular weight is 439 g/mol. The van der Waals surface area contributed by atoms with E-state index in [9.17, 15) is 5.11 Å². The number of aliphatic hydroxyl groups is 1. The predicted molar refractivity (Wildman–Crippen MR) is 132 cm³/mol. The number of rotatable bonds is 10. The van der Waals surface area contributed by atoms with Gasteiger partial charge in [0.05, 0.1) is 6.10 Å². The molecule has 0 saturated carbocycles. The number of aliphatic imine (C=N–C) groups is 1. The van der Waals surface area contributed by atoms with Crippen LogP contribution >= 0.6 is 0 Å². The van der Waals surface area contributed by atoms with Crippen LogP contribution in [0, 0.1) is 11.8 Å². The summed E-state index contributed by atoms with van der Waals surface area (Å²) in [5.74, 6) is 2.28. The second-order valence-corrected chi connectivity index (χ2v) is 8.83. The Morgan fingerprint density at radius 3 is 2.81 bits per heavy atom. The van der Waals surface area contributed by atoms with E-state index in [1.807, 2.05) is 29.4 Å². The van der Waals surface area contributed by atoms with Crippen molar-refractivity contribution in [1.29, 1.82) is 0 Å². The van der Waals surface area contributed by atoms with Crippen molar-refractivity contribution < 1.29 is 5.11 Å². The molecule has 7 nitrogen and oxygen atoms in total. The monoisotopic (exact) mass is 438 g/mol. The largest absolute Gasteiger partial charge is 0.391 e. The Hall–Kier alpha value is -2.48. The van der Waals surface area contributed by atoms with Gasteiger partial charge in [-0.1, -0.05) is 44.2 Å². The lowest BCUT2D eigenvalue weighted by Crippen LogP contribution is -2.49. The minimum absolute atomic E-state index is 0.211. The van der Waals surface area contributed by atoms with Crippen molar-refractivity contribution in [2.45, 2.75) is 52.3 Å². The van der Waals surface area contributed by atoms with Gasteiger partial charge in [0.1, 0.15) is 5.82 Å². The van der Waals surface area contributed by atoms with Gasteiger partial charge in [0, 0.05) is 44.2 Å². The quantitative estimate of drug-likeness (QED) is 0.422. The van der Waals surface area contributed by atoms with E-state index in [1.165, 1.54) is 11.1 Å². The first-order valence-electron chi connectivity index (χ1n) is 11.6. The zero-order chi connectivity index (χ0) is 22.9. The van der Waals surface area contributed by atoms with Gasteiger partial charge in [-0.3, -0.25) is 0 Å². The number of hydrogen-bond acceptors (Lipinski definition) is 7. The molecule has 1 fully saturated rings. The maximum Gasteiger partial charge on any atom is 0.154 e. The fraction of sp³-hybridized carbons (Fsp3) is 0.520. The molecule has 1 saturated heterocycles. The highest BCUT2D eigenvalue weighted by Crippen LogP contribution is 2.27. The molecule has 1 unspecified atom stereocenters. The molecular weight excluding hydrogens is 400 g/mol. The van der Waals surface area contributed by atoms with Gasteiger partial charge >= 0.3 is 0 Å². The summed E-state index contributed by atoms with van der Waals surface area (Å²) < 4.78 is 0. The minimum Gasteiger partial charge on any atom is -0.391 e. The molecule has 2 heterocycles. The number of β-amino-alcohol motifs (C(OH)–C–C–N with tert-alkyl or cyclic N) is 1. The fourth-order valence-corrected chi connectivity index (χ4v) is 4.30. The van der Waals surface area contributed by atoms with Crippen LogP contribution < -0.4 is 16.0 Å². The van der Waals surface area contributed by atoms with Crippen LogP contribution in [0.3, 0.4) is 0 Å². The summed E-state index contributed by atoms with van der Waals surface area (Å²) in [6.07, 6.45) is 5.49. The molecule has 2 aliphatic heterocycles. The third-order valence-electron chi connectivity index (χ3n) is 6.27. The SMILES string of the molecule is C=NC1=C(C(C)C)CC=NN1/C(=C\CN[C@@H](C)C1CCNC[C@@H]1O)NCc1ccccc1. The number of allylic oxidation sites excluding steroid dienone is 1. The van der Waals surface area contributed by atoms with E-state index in [0.29, 0.717) is 25.6 Å². The second-order valence-electron chi connectivity index (χ2n) is 8.83. The molecule has 7 heteroatoms. The molecule has 0 radical (unpaired) electrons. The van der Waals surface area contributed by atoms with Gasteiger partial charge in [0.25, 0.3) is 0 Å². The van der Waals surface area contributed by atoms with Gasteiger partial charge in [-0.25, -0.2) is 10.0 Å². The maximum atomic E-state index is 10.3. The van der Waals surface area contributed by atoms with Crippen molar-refractivity contribution >= 4 is 12.9 Å². The summed E-state index contributed by atoms with van der Waals surface area (Å²) in [4.78, 5) is 4.33. The number of aliphatic hydroxyl groups excluding tert-OH is 1. The molecule has 0 bridgehead atoms. The van der Waals surface area contributed by atoms with Crippen molar-refractivity contribution in [3.05, 3.63) is 59.2 Å². The maximum absolute atomic E-state index is 10.3. The number of piperidine rings is 1. The molecular formula is C25H38N6O. The summed E-state index contributed by atoms with van der Waals surface area (Å²) >= 11 is 0. The zero-order valence-corrected chi connectivity index (χ0v) is 19.6. The molecule has 1 aromatic rings. The highest BCUT2D eigenvalue weighted by Gasteiger charge is 2.27. The minimum atomic E-state index is -0.314. The Morgan fingerprint density at radius 2 is 2.12 bits per heavy atom. The third-order valence-corrected chi connectivity index (χ3v) is 6.27. The summed E-state index contributed by atoms with van der Waals surface area (Å²) in [5, 5.41) is 27.2. The molecule has 1 aromatic carbocycles. The van der Waals surface area contributed by atoms with E-state index in [4.69, 9.17) is 0 Å². The zero-order valence-electron chi connectivity index (χ0n) is 19.6. The Morgan fingerprint density at radius 1 is 1.34 bits per heavy atom. The van der Waals surface area contributed by atoms with Crippen molar-refractivity contribution in [2.24, 2.45) is 21.9 Å². The van der Waals surface area contributed by atoms with Gasteiger partial charge in [-0.05, 0) is 49.7 Å². The molecule has 0 spiro atoms. The van der Waals surface area contributed by atoms with Gasteiger partial charge in [-0.15, -0.1) is 0 Å². The highest BCUT2D eigenvalue weighted by atomic mass is 16.3. The Bertz CT molecular complexity index is 832. The fourth-order valence-electron chi connectivity index (χ4n) is 4.30. The van der Waals surface area contributed by atoms with Crippen LogP contribution in [0.5, 0.6) is 0 Å². The Kier molecular flexibility index (Phi) is 9.02. The van der Waals surface area contributed by atoms with Gasteiger partial charge in [-0.2, -0.15) is 5.10 Å².